The number of hydrogen-bond acceptors (Lipinski definition) is 3. The SMILES string of the molecule is CCN1CCC[C@H]1CNCc1ccc(NC(C)=O)cc1. The summed E-state index contributed by atoms with van der Waals surface area (Å²) in [5, 5.41) is 6.32. The number of carbonyl (C=O) groups excluding carboxylic acids is 1. The Morgan fingerprint density at radius 3 is 2.75 bits per heavy atom. The molecule has 0 spiro atoms. The van der Waals surface area contributed by atoms with Crippen molar-refractivity contribution in [2.45, 2.75) is 39.3 Å². The van der Waals surface area contributed by atoms with Gasteiger partial charge in [-0.1, -0.05) is 19.1 Å². The number of likely N-dealkylation sites (N-methyl/N-ethyl adjacent to an activating group) is 1. The fourth-order valence-electron chi connectivity index (χ4n) is 2.83. The van der Waals surface area contributed by atoms with Gasteiger partial charge in [-0.15, -0.1) is 0 Å². The molecule has 0 saturated carbocycles. The molecule has 0 radical (unpaired) electrons. The van der Waals surface area contributed by atoms with E-state index in [1.54, 1.807) is 0 Å². The van der Waals surface area contributed by atoms with Crippen molar-refractivity contribution in [1.29, 1.82) is 0 Å². The number of benzene rings is 1. The number of hydrogen-bond donors (Lipinski definition) is 2. The van der Waals surface area contributed by atoms with Crippen LogP contribution in [0.3, 0.4) is 0 Å². The molecule has 1 amide bonds. The molecule has 0 bridgehead atoms. The summed E-state index contributed by atoms with van der Waals surface area (Å²) in [4.78, 5) is 13.5. The number of amides is 1. The maximum Gasteiger partial charge on any atom is 0.221 e. The van der Waals surface area contributed by atoms with E-state index in [1.165, 1.54) is 31.9 Å². The number of rotatable bonds is 6. The molecule has 20 heavy (non-hydrogen) atoms. The summed E-state index contributed by atoms with van der Waals surface area (Å²) in [6, 6.07) is 8.71. The average Bonchev–Trinajstić information content (AvgIpc) is 2.87. The quantitative estimate of drug-likeness (QED) is 0.836. The normalized spacial score (nSPS) is 19.2. The highest BCUT2D eigenvalue weighted by atomic mass is 16.1. The summed E-state index contributed by atoms with van der Waals surface area (Å²) in [7, 11) is 0. The Bertz CT molecular complexity index is 430. The summed E-state index contributed by atoms with van der Waals surface area (Å²) in [5.74, 6) is -0.0308. The van der Waals surface area contributed by atoms with Crippen LogP contribution >= 0.6 is 0 Å². The third-order valence-electron chi connectivity index (χ3n) is 3.89. The largest absolute Gasteiger partial charge is 0.326 e. The van der Waals surface area contributed by atoms with Crippen LogP contribution in [0.1, 0.15) is 32.3 Å². The van der Waals surface area contributed by atoms with Gasteiger partial charge in [-0.25, -0.2) is 0 Å². The summed E-state index contributed by atoms with van der Waals surface area (Å²) in [5.41, 5.74) is 2.11. The van der Waals surface area contributed by atoms with Crippen LogP contribution in [-0.4, -0.2) is 36.5 Å². The minimum absolute atomic E-state index is 0.0308. The van der Waals surface area contributed by atoms with Crippen molar-refractivity contribution in [3.8, 4) is 0 Å². The third-order valence-corrected chi connectivity index (χ3v) is 3.89. The van der Waals surface area contributed by atoms with Gasteiger partial charge < -0.3 is 10.6 Å². The molecule has 0 aliphatic carbocycles. The van der Waals surface area contributed by atoms with Crippen LogP contribution in [0.25, 0.3) is 0 Å². The summed E-state index contributed by atoms with van der Waals surface area (Å²) >= 11 is 0. The average molecular weight is 275 g/mol. The standard InChI is InChI=1S/C16H25N3O/c1-3-19-10-4-5-16(19)12-17-11-14-6-8-15(9-7-14)18-13(2)20/h6-9,16-17H,3-5,10-12H2,1-2H3,(H,18,20)/t16-/m0/s1. The van der Waals surface area contributed by atoms with Gasteiger partial charge in [0.1, 0.15) is 0 Å². The second-order valence-corrected chi connectivity index (χ2v) is 5.43. The van der Waals surface area contributed by atoms with Crippen LogP contribution in [0.15, 0.2) is 24.3 Å². The van der Waals surface area contributed by atoms with Crippen molar-refractivity contribution < 1.29 is 4.79 Å². The van der Waals surface area contributed by atoms with Crippen LogP contribution in [0.2, 0.25) is 0 Å². The summed E-state index contributed by atoms with van der Waals surface area (Å²) < 4.78 is 0. The first-order chi connectivity index (χ1) is 9.69. The second-order valence-electron chi connectivity index (χ2n) is 5.43. The highest BCUT2D eigenvalue weighted by Crippen LogP contribution is 2.16. The molecule has 4 heteroatoms. The second kappa shape index (κ2) is 7.41. The molecule has 1 saturated heterocycles. The zero-order valence-electron chi connectivity index (χ0n) is 12.5. The minimum atomic E-state index is -0.0308. The van der Waals surface area contributed by atoms with Crippen molar-refractivity contribution >= 4 is 11.6 Å². The zero-order valence-corrected chi connectivity index (χ0v) is 12.5. The van der Waals surface area contributed by atoms with Gasteiger partial charge in [0.15, 0.2) is 0 Å². The van der Waals surface area contributed by atoms with Gasteiger partial charge in [0.05, 0.1) is 0 Å². The van der Waals surface area contributed by atoms with Crippen LogP contribution in [-0.2, 0) is 11.3 Å². The molecular formula is C16H25N3O. The fraction of sp³-hybridized carbons (Fsp3) is 0.562. The molecule has 1 aliphatic rings. The van der Waals surface area contributed by atoms with Crippen molar-refractivity contribution in [2.24, 2.45) is 0 Å². The molecule has 0 aromatic heterocycles. The molecule has 1 atom stereocenters. The number of anilines is 1. The van der Waals surface area contributed by atoms with E-state index in [0.717, 1.165) is 25.3 Å². The topological polar surface area (TPSA) is 44.4 Å². The molecule has 1 aliphatic heterocycles. The maximum atomic E-state index is 10.9. The first kappa shape index (κ1) is 15.0. The van der Waals surface area contributed by atoms with E-state index in [4.69, 9.17) is 0 Å². The highest BCUT2D eigenvalue weighted by Gasteiger charge is 2.21. The van der Waals surface area contributed by atoms with Gasteiger partial charge in [0.25, 0.3) is 0 Å². The van der Waals surface area contributed by atoms with Gasteiger partial charge >= 0.3 is 0 Å². The van der Waals surface area contributed by atoms with E-state index in [0.29, 0.717) is 6.04 Å². The molecule has 0 unspecified atom stereocenters. The Balaban J connectivity index is 1.75. The van der Waals surface area contributed by atoms with E-state index in [1.807, 2.05) is 12.1 Å². The van der Waals surface area contributed by atoms with Crippen LogP contribution in [0.4, 0.5) is 5.69 Å². The van der Waals surface area contributed by atoms with E-state index in [-0.39, 0.29) is 5.91 Å². The smallest absolute Gasteiger partial charge is 0.221 e. The number of carbonyl (C=O) groups is 1. The molecule has 1 fully saturated rings. The molecule has 1 aromatic rings. The van der Waals surface area contributed by atoms with Gasteiger partial charge in [-0.3, -0.25) is 9.69 Å². The molecule has 110 valence electrons. The molecule has 2 N–H and O–H groups in total. The Hall–Kier alpha value is -1.39. The van der Waals surface area contributed by atoms with E-state index < -0.39 is 0 Å². The molecular weight excluding hydrogens is 250 g/mol. The molecule has 4 nitrogen and oxygen atoms in total. The monoisotopic (exact) mass is 275 g/mol. The first-order valence-electron chi connectivity index (χ1n) is 7.50. The molecule has 1 heterocycles. The van der Waals surface area contributed by atoms with E-state index >= 15 is 0 Å². The number of likely N-dealkylation sites (tertiary alicyclic amines) is 1. The minimum Gasteiger partial charge on any atom is -0.326 e. The van der Waals surface area contributed by atoms with Crippen molar-refractivity contribution in [2.75, 3.05) is 25.0 Å². The third kappa shape index (κ3) is 4.32. The van der Waals surface area contributed by atoms with Crippen molar-refractivity contribution in [3.63, 3.8) is 0 Å². The molecule has 1 aromatic carbocycles. The lowest BCUT2D eigenvalue weighted by Gasteiger charge is -2.23. The predicted molar refractivity (Wildman–Crippen MR) is 82.7 cm³/mol. The first-order valence-corrected chi connectivity index (χ1v) is 7.50. The van der Waals surface area contributed by atoms with Crippen LogP contribution in [0, 0.1) is 0 Å². The Morgan fingerprint density at radius 1 is 1.35 bits per heavy atom. The Morgan fingerprint density at radius 2 is 2.10 bits per heavy atom. The predicted octanol–water partition coefficient (Wildman–Crippen LogP) is 2.22. The van der Waals surface area contributed by atoms with E-state index in [9.17, 15) is 4.79 Å². The summed E-state index contributed by atoms with van der Waals surface area (Å²) in [6.45, 7) is 8.09. The van der Waals surface area contributed by atoms with Crippen LogP contribution in [0.5, 0.6) is 0 Å². The lowest BCUT2D eigenvalue weighted by Crippen LogP contribution is -2.37. The Kier molecular flexibility index (Phi) is 5.56. The number of nitrogens with one attached hydrogen (secondary N) is 2. The zero-order chi connectivity index (χ0) is 14.4. The van der Waals surface area contributed by atoms with Gasteiger partial charge in [-0.05, 0) is 43.6 Å². The number of nitrogens with zero attached hydrogens (tertiary/aromatic N) is 1. The van der Waals surface area contributed by atoms with Gasteiger partial charge in [0, 0.05) is 31.7 Å². The van der Waals surface area contributed by atoms with Crippen molar-refractivity contribution in [3.05, 3.63) is 29.8 Å². The maximum absolute atomic E-state index is 10.9. The summed E-state index contributed by atoms with van der Waals surface area (Å²) in [6.07, 6.45) is 2.63. The highest BCUT2D eigenvalue weighted by molar-refractivity contribution is 5.88. The van der Waals surface area contributed by atoms with E-state index in [2.05, 4.69) is 34.6 Å². The van der Waals surface area contributed by atoms with Crippen molar-refractivity contribution in [1.82, 2.24) is 10.2 Å². The Labute approximate surface area is 121 Å². The van der Waals surface area contributed by atoms with Crippen LogP contribution < -0.4 is 10.6 Å². The van der Waals surface area contributed by atoms with Gasteiger partial charge in [0.2, 0.25) is 5.91 Å². The fourth-order valence-corrected chi connectivity index (χ4v) is 2.83. The lowest BCUT2D eigenvalue weighted by molar-refractivity contribution is -0.114. The lowest BCUT2D eigenvalue weighted by atomic mass is 10.2. The van der Waals surface area contributed by atoms with Gasteiger partial charge in [-0.2, -0.15) is 0 Å². The molecule has 2 rings (SSSR count).